The number of aromatic amines is 1. The minimum Gasteiger partial charge on any atom is -0.352 e. The van der Waals surface area contributed by atoms with E-state index < -0.39 is 5.25 Å². The molecule has 3 heterocycles. The molecule has 2 aromatic carbocycles. The molecule has 0 spiro atoms. The van der Waals surface area contributed by atoms with Crippen LogP contribution in [0.4, 0.5) is 4.79 Å². The van der Waals surface area contributed by atoms with Crippen LogP contribution < -0.4 is 5.32 Å². The van der Waals surface area contributed by atoms with Gasteiger partial charge in [0.15, 0.2) is 11.0 Å². The molecule has 1 saturated heterocycles. The van der Waals surface area contributed by atoms with E-state index in [1.54, 1.807) is 6.92 Å². The van der Waals surface area contributed by atoms with Gasteiger partial charge in [0, 0.05) is 29.7 Å². The molecular weight excluding hydrogens is 412 g/mol. The second kappa shape index (κ2) is 7.92. The van der Waals surface area contributed by atoms with E-state index in [-0.39, 0.29) is 11.9 Å². The molecule has 0 aliphatic carbocycles. The molecule has 1 aliphatic rings. The molecule has 4 aromatic rings. The Morgan fingerprint density at radius 1 is 1.10 bits per heavy atom. The van der Waals surface area contributed by atoms with Crippen LogP contribution in [0.15, 0.2) is 65.8 Å². The molecule has 8 nitrogen and oxygen atoms in total. The average molecular weight is 433 g/mol. The highest BCUT2D eigenvalue weighted by Crippen LogP contribution is 2.31. The molecule has 0 bridgehead atoms. The maximum Gasteiger partial charge on any atom is 0.324 e. The average Bonchev–Trinajstić information content (AvgIpc) is 3.51. The maximum absolute atomic E-state index is 12.8. The fourth-order valence-electron chi connectivity index (χ4n) is 3.63. The van der Waals surface area contributed by atoms with Gasteiger partial charge < -0.3 is 10.3 Å². The second-order valence-electron chi connectivity index (χ2n) is 7.23. The van der Waals surface area contributed by atoms with Gasteiger partial charge in [-0.05, 0) is 31.2 Å². The minimum absolute atomic E-state index is 0.241. The Balaban J connectivity index is 1.53. The summed E-state index contributed by atoms with van der Waals surface area (Å²) in [6.45, 7) is 2.65. The van der Waals surface area contributed by atoms with Gasteiger partial charge in [-0.15, -0.1) is 10.2 Å². The SMILES string of the molecule is C[C@H](Sc1nnc(-c2cc3ccccc3[nH]2)n1-c1ccccc1)C(=O)N1CCNC1=O. The Kier molecular flexibility index (Phi) is 4.95. The van der Waals surface area contributed by atoms with Gasteiger partial charge in [0.25, 0.3) is 0 Å². The number of benzene rings is 2. The van der Waals surface area contributed by atoms with Crippen LogP contribution in [0.3, 0.4) is 0 Å². The van der Waals surface area contributed by atoms with Gasteiger partial charge in [0.1, 0.15) is 0 Å². The third-order valence-corrected chi connectivity index (χ3v) is 6.20. The van der Waals surface area contributed by atoms with Crippen LogP contribution in [-0.2, 0) is 4.79 Å². The van der Waals surface area contributed by atoms with Crippen LogP contribution in [0.2, 0.25) is 0 Å². The Labute approximate surface area is 182 Å². The van der Waals surface area contributed by atoms with Gasteiger partial charge in [-0.25, -0.2) is 4.79 Å². The predicted octanol–water partition coefficient (Wildman–Crippen LogP) is 3.45. The molecule has 9 heteroatoms. The first-order valence-electron chi connectivity index (χ1n) is 9.96. The summed E-state index contributed by atoms with van der Waals surface area (Å²) in [5.74, 6) is 0.415. The van der Waals surface area contributed by atoms with Crippen molar-refractivity contribution in [1.82, 2.24) is 30.0 Å². The molecule has 0 saturated carbocycles. The molecule has 5 rings (SSSR count). The number of H-pyrrole nitrogens is 1. The topological polar surface area (TPSA) is 95.9 Å². The van der Waals surface area contributed by atoms with Gasteiger partial charge >= 0.3 is 6.03 Å². The van der Waals surface area contributed by atoms with E-state index >= 15 is 0 Å². The fraction of sp³-hybridized carbons (Fsp3) is 0.182. The van der Waals surface area contributed by atoms with Crippen molar-refractivity contribution in [2.24, 2.45) is 0 Å². The van der Waals surface area contributed by atoms with Crippen LogP contribution in [0.5, 0.6) is 0 Å². The van der Waals surface area contributed by atoms with Gasteiger partial charge in [-0.3, -0.25) is 14.3 Å². The number of carbonyl (C=O) groups excluding carboxylic acids is 2. The molecule has 1 aliphatic heterocycles. The Hall–Kier alpha value is -3.59. The highest BCUT2D eigenvalue weighted by Gasteiger charge is 2.31. The molecule has 0 radical (unpaired) electrons. The molecular formula is C22H20N6O2S. The van der Waals surface area contributed by atoms with E-state index in [1.165, 1.54) is 16.7 Å². The van der Waals surface area contributed by atoms with Crippen LogP contribution in [-0.4, -0.2) is 54.9 Å². The number of carbonyl (C=O) groups is 2. The molecule has 31 heavy (non-hydrogen) atoms. The third kappa shape index (κ3) is 3.57. The molecule has 2 aromatic heterocycles. The summed E-state index contributed by atoms with van der Waals surface area (Å²) >= 11 is 1.29. The largest absolute Gasteiger partial charge is 0.352 e. The number of rotatable bonds is 5. The van der Waals surface area contributed by atoms with Crippen LogP contribution >= 0.6 is 11.8 Å². The number of aromatic nitrogens is 4. The quantitative estimate of drug-likeness (QED) is 0.471. The van der Waals surface area contributed by atoms with Gasteiger partial charge in [-0.2, -0.15) is 0 Å². The van der Waals surface area contributed by atoms with Gasteiger partial charge in [0.2, 0.25) is 5.91 Å². The molecule has 3 amide bonds. The summed E-state index contributed by atoms with van der Waals surface area (Å²) in [6, 6.07) is 19.5. The smallest absolute Gasteiger partial charge is 0.324 e. The third-order valence-electron chi connectivity index (χ3n) is 5.17. The van der Waals surface area contributed by atoms with Crippen LogP contribution in [0, 0.1) is 0 Å². The number of para-hydroxylation sites is 2. The highest BCUT2D eigenvalue weighted by molar-refractivity contribution is 8.00. The summed E-state index contributed by atoms with van der Waals surface area (Å²) in [5, 5.41) is 12.7. The number of nitrogens with zero attached hydrogens (tertiary/aromatic N) is 4. The van der Waals surface area contributed by atoms with Crippen LogP contribution in [0.25, 0.3) is 28.1 Å². The van der Waals surface area contributed by atoms with Gasteiger partial charge in [0.05, 0.1) is 10.9 Å². The molecule has 0 unspecified atom stereocenters. The molecule has 156 valence electrons. The van der Waals surface area contributed by atoms with E-state index in [1.807, 2.05) is 65.2 Å². The number of hydrogen-bond donors (Lipinski definition) is 2. The zero-order valence-corrected chi connectivity index (χ0v) is 17.6. The Morgan fingerprint density at radius 2 is 1.87 bits per heavy atom. The Morgan fingerprint density at radius 3 is 2.61 bits per heavy atom. The monoisotopic (exact) mass is 432 g/mol. The number of amides is 3. The van der Waals surface area contributed by atoms with Crippen LogP contribution in [0.1, 0.15) is 6.92 Å². The molecule has 1 atom stereocenters. The van der Waals surface area contributed by atoms with Crippen molar-refractivity contribution in [2.45, 2.75) is 17.3 Å². The summed E-state index contributed by atoms with van der Waals surface area (Å²) < 4.78 is 1.93. The summed E-state index contributed by atoms with van der Waals surface area (Å²) in [5.41, 5.74) is 2.74. The first-order valence-corrected chi connectivity index (χ1v) is 10.8. The van der Waals surface area contributed by atoms with Crippen molar-refractivity contribution in [3.8, 4) is 17.2 Å². The predicted molar refractivity (Wildman–Crippen MR) is 119 cm³/mol. The molecule has 2 N–H and O–H groups in total. The second-order valence-corrected chi connectivity index (χ2v) is 8.54. The first-order chi connectivity index (χ1) is 15.1. The highest BCUT2D eigenvalue weighted by atomic mass is 32.2. The van der Waals surface area contributed by atoms with Crippen molar-refractivity contribution in [3.63, 3.8) is 0 Å². The van der Waals surface area contributed by atoms with Gasteiger partial charge in [-0.1, -0.05) is 48.2 Å². The van der Waals surface area contributed by atoms with E-state index in [0.29, 0.717) is 24.1 Å². The normalized spacial score (nSPS) is 14.7. The van der Waals surface area contributed by atoms with Crippen molar-refractivity contribution < 1.29 is 9.59 Å². The Bertz CT molecular complexity index is 1230. The number of imide groups is 1. The van der Waals surface area contributed by atoms with E-state index in [0.717, 1.165) is 22.3 Å². The first kappa shape index (κ1) is 19.4. The number of hydrogen-bond acceptors (Lipinski definition) is 5. The van der Waals surface area contributed by atoms with E-state index in [9.17, 15) is 9.59 Å². The number of fused-ring (bicyclic) bond motifs is 1. The zero-order chi connectivity index (χ0) is 21.4. The summed E-state index contributed by atoms with van der Waals surface area (Å²) in [7, 11) is 0. The number of urea groups is 1. The molecule has 1 fully saturated rings. The zero-order valence-electron chi connectivity index (χ0n) is 16.8. The minimum atomic E-state index is -0.494. The standard InChI is InChI=1S/C22H20N6O2S/c1-14(20(29)27-12-11-23-21(27)30)31-22-26-25-19(28(22)16-8-3-2-4-9-16)18-13-15-7-5-6-10-17(15)24-18/h2-10,13-14,24H,11-12H2,1H3,(H,23,30)/t14-/m0/s1. The van der Waals surface area contributed by atoms with Crippen molar-refractivity contribution in [2.75, 3.05) is 13.1 Å². The van der Waals surface area contributed by atoms with E-state index in [2.05, 4.69) is 20.5 Å². The lowest BCUT2D eigenvalue weighted by molar-refractivity contribution is -0.126. The van der Waals surface area contributed by atoms with Crippen molar-refractivity contribution in [3.05, 3.63) is 60.7 Å². The number of nitrogens with one attached hydrogen (secondary N) is 2. The van der Waals surface area contributed by atoms with Crippen molar-refractivity contribution in [1.29, 1.82) is 0 Å². The van der Waals surface area contributed by atoms with E-state index in [4.69, 9.17) is 0 Å². The fourth-order valence-corrected chi connectivity index (χ4v) is 4.56. The summed E-state index contributed by atoms with van der Waals surface area (Å²) in [6.07, 6.45) is 0. The maximum atomic E-state index is 12.8. The lowest BCUT2D eigenvalue weighted by atomic mass is 10.2. The lowest BCUT2D eigenvalue weighted by Gasteiger charge is -2.17. The summed E-state index contributed by atoms with van der Waals surface area (Å²) in [4.78, 5) is 29.3. The lowest BCUT2D eigenvalue weighted by Crippen LogP contribution is -2.39. The van der Waals surface area contributed by atoms with Crippen molar-refractivity contribution >= 4 is 34.6 Å². The number of thioether (sulfide) groups is 1.